The Balaban J connectivity index is 2.01. The third kappa shape index (κ3) is 2.68. The summed E-state index contributed by atoms with van der Waals surface area (Å²) in [5.74, 6) is 1.92. The highest BCUT2D eigenvalue weighted by Crippen LogP contribution is 2.22. The zero-order valence-electron chi connectivity index (χ0n) is 8.99. The van der Waals surface area contributed by atoms with E-state index < -0.39 is 0 Å². The Bertz CT molecular complexity index is 321. The maximum Gasteiger partial charge on any atom is 0.132 e. The van der Waals surface area contributed by atoms with Crippen molar-refractivity contribution >= 4 is 21.7 Å². The molecule has 2 heterocycles. The van der Waals surface area contributed by atoms with E-state index >= 15 is 0 Å². The topological polar surface area (TPSA) is 29.0 Å². The highest BCUT2D eigenvalue weighted by molar-refractivity contribution is 9.09. The van der Waals surface area contributed by atoms with Crippen molar-refractivity contribution < 1.29 is 0 Å². The molecule has 15 heavy (non-hydrogen) atoms. The lowest BCUT2D eigenvalue weighted by Gasteiger charge is -2.31. The van der Waals surface area contributed by atoms with Crippen molar-refractivity contribution in [3.05, 3.63) is 18.1 Å². The molecule has 1 aromatic rings. The van der Waals surface area contributed by atoms with Gasteiger partial charge in [0.05, 0.1) is 0 Å². The Hall–Kier alpha value is -0.640. The SMILES string of the molecule is Cc1cc(N2CCC(CBr)CC2)ncn1. The lowest BCUT2D eigenvalue weighted by Crippen LogP contribution is -2.34. The maximum atomic E-state index is 4.32. The maximum absolute atomic E-state index is 4.32. The van der Waals surface area contributed by atoms with Gasteiger partial charge in [0.2, 0.25) is 0 Å². The van der Waals surface area contributed by atoms with E-state index in [4.69, 9.17) is 0 Å². The number of halogens is 1. The molecule has 3 nitrogen and oxygen atoms in total. The highest BCUT2D eigenvalue weighted by atomic mass is 79.9. The van der Waals surface area contributed by atoms with E-state index in [9.17, 15) is 0 Å². The Morgan fingerprint density at radius 3 is 2.73 bits per heavy atom. The second-order valence-electron chi connectivity index (χ2n) is 4.10. The van der Waals surface area contributed by atoms with Crippen molar-refractivity contribution in [1.29, 1.82) is 0 Å². The van der Waals surface area contributed by atoms with Crippen LogP contribution in [0.2, 0.25) is 0 Å². The van der Waals surface area contributed by atoms with Crippen molar-refractivity contribution in [2.24, 2.45) is 5.92 Å². The molecule has 1 fully saturated rings. The first-order valence-electron chi connectivity index (χ1n) is 5.39. The molecule has 1 saturated heterocycles. The Labute approximate surface area is 99.0 Å². The number of aromatic nitrogens is 2. The van der Waals surface area contributed by atoms with Crippen molar-refractivity contribution in [3.63, 3.8) is 0 Å². The summed E-state index contributed by atoms with van der Waals surface area (Å²) < 4.78 is 0. The minimum Gasteiger partial charge on any atom is -0.356 e. The van der Waals surface area contributed by atoms with Crippen LogP contribution < -0.4 is 4.90 Å². The van der Waals surface area contributed by atoms with E-state index in [0.717, 1.165) is 35.8 Å². The van der Waals surface area contributed by atoms with Gasteiger partial charge in [-0.25, -0.2) is 9.97 Å². The minimum absolute atomic E-state index is 0.837. The van der Waals surface area contributed by atoms with Crippen molar-refractivity contribution in [2.45, 2.75) is 19.8 Å². The van der Waals surface area contributed by atoms with Crippen molar-refractivity contribution in [1.82, 2.24) is 9.97 Å². The molecule has 0 atom stereocenters. The number of hydrogen-bond acceptors (Lipinski definition) is 3. The van der Waals surface area contributed by atoms with Gasteiger partial charge in [-0.15, -0.1) is 0 Å². The predicted molar refractivity (Wildman–Crippen MR) is 65.5 cm³/mol. The van der Waals surface area contributed by atoms with Crippen molar-refractivity contribution in [2.75, 3.05) is 23.3 Å². The Morgan fingerprint density at radius 2 is 2.13 bits per heavy atom. The second kappa shape index (κ2) is 4.92. The quantitative estimate of drug-likeness (QED) is 0.773. The van der Waals surface area contributed by atoms with E-state index in [1.807, 2.05) is 6.92 Å². The van der Waals surface area contributed by atoms with Crippen LogP contribution in [0.4, 0.5) is 5.82 Å². The molecule has 82 valence electrons. The highest BCUT2D eigenvalue weighted by Gasteiger charge is 2.19. The summed E-state index contributed by atoms with van der Waals surface area (Å²) in [6.45, 7) is 4.25. The van der Waals surface area contributed by atoms with Gasteiger partial charge in [-0.1, -0.05) is 15.9 Å². The van der Waals surface area contributed by atoms with Gasteiger partial charge in [-0.2, -0.15) is 0 Å². The van der Waals surface area contributed by atoms with Gasteiger partial charge in [0.25, 0.3) is 0 Å². The third-order valence-corrected chi connectivity index (χ3v) is 3.86. The molecule has 0 N–H and O–H groups in total. The Morgan fingerprint density at radius 1 is 1.40 bits per heavy atom. The molecule has 0 aliphatic carbocycles. The summed E-state index contributed by atoms with van der Waals surface area (Å²) in [5, 5.41) is 1.13. The number of nitrogens with zero attached hydrogens (tertiary/aromatic N) is 3. The van der Waals surface area contributed by atoms with Crippen LogP contribution in [0.15, 0.2) is 12.4 Å². The van der Waals surface area contributed by atoms with Crippen LogP contribution in [-0.2, 0) is 0 Å². The fourth-order valence-corrected chi connectivity index (χ4v) is 2.58. The second-order valence-corrected chi connectivity index (χ2v) is 4.75. The molecule has 1 aliphatic rings. The van der Waals surface area contributed by atoms with E-state index in [-0.39, 0.29) is 0 Å². The molecule has 0 aromatic carbocycles. The molecule has 2 rings (SSSR count). The van der Waals surface area contributed by atoms with Gasteiger partial charge in [-0.3, -0.25) is 0 Å². The molecule has 4 heteroatoms. The van der Waals surface area contributed by atoms with Gasteiger partial charge in [0, 0.05) is 30.2 Å². The fourth-order valence-electron chi connectivity index (χ4n) is 1.93. The first-order chi connectivity index (χ1) is 7.29. The van der Waals surface area contributed by atoms with Crippen molar-refractivity contribution in [3.8, 4) is 0 Å². The molecular weight excluding hydrogens is 254 g/mol. The number of hydrogen-bond donors (Lipinski definition) is 0. The minimum atomic E-state index is 0.837. The van der Waals surface area contributed by atoms with Gasteiger partial charge in [-0.05, 0) is 25.7 Å². The standard InChI is InChI=1S/C11H16BrN3/c1-9-6-11(14-8-13-9)15-4-2-10(7-12)3-5-15/h6,8,10H,2-5,7H2,1H3. The van der Waals surface area contributed by atoms with Crippen LogP contribution in [0.5, 0.6) is 0 Å². The van der Waals surface area contributed by atoms with E-state index in [2.05, 4.69) is 36.9 Å². The van der Waals surface area contributed by atoms with Gasteiger partial charge >= 0.3 is 0 Å². The monoisotopic (exact) mass is 269 g/mol. The smallest absolute Gasteiger partial charge is 0.132 e. The molecule has 0 saturated carbocycles. The molecule has 0 radical (unpaired) electrons. The van der Waals surface area contributed by atoms with Crippen LogP contribution in [0, 0.1) is 12.8 Å². The molecule has 0 bridgehead atoms. The average Bonchev–Trinajstić information content (AvgIpc) is 2.29. The largest absolute Gasteiger partial charge is 0.356 e. The first kappa shape index (κ1) is 10.9. The van der Waals surface area contributed by atoms with Gasteiger partial charge in [0.1, 0.15) is 12.1 Å². The molecule has 1 aliphatic heterocycles. The van der Waals surface area contributed by atoms with E-state index in [1.165, 1.54) is 12.8 Å². The first-order valence-corrected chi connectivity index (χ1v) is 6.51. The van der Waals surface area contributed by atoms with Crippen LogP contribution in [0.25, 0.3) is 0 Å². The molecule has 0 spiro atoms. The molecular formula is C11H16BrN3. The summed E-state index contributed by atoms with van der Waals surface area (Å²) in [7, 11) is 0. The Kier molecular flexibility index (Phi) is 3.57. The van der Waals surface area contributed by atoms with Gasteiger partial charge < -0.3 is 4.90 Å². The van der Waals surface area contributed by atoms with Crippen LogP contribution in [-0.4, -0.2) is 28.4 Å². The number of piperidine rings is 1. The number of anilines is 1. The number of rotatable bonds is 2. The lowest BCUT2D eigenvalue weighted by atomic mass is 9.99. The zero-order chi connectivity index (χ0) is 10.7. The molecule has 0 unspecified atom stereocenters. The molecule has 1 aromatic heterocycles. The third-order valence-electron chi connectivity index (χ3n) is 2.95. The lowest BCUT2D eigenvalue weighted by molar-refractivity contribution is 0.445. The number of alkyl halides is 1. The average molecular weight is 270 g/mol. The summed E-state index contributed by atoms with van der Waals surface area (Å²) in [6.07, 6.45) is 4.17. The predicted octanol–water partition coefficient (Wildman–Crippen LogP) is 2.40. The van der Waals surface area contributed by atoms with E-state index in [0.29, 0.717) is 0 Å². The summed E-state index contributed by atoms with van der Waals surface area (Å²) >= 11 is 3.55. The van der Waals surface area contributed by atoms with Crippen LogP contribution in [0.1, 0.15) is 18.5 Å². The molecule has 0 amide bonds. The summed E-state index contributed by atoms with van der Waals surface area (Å²) in [5.41, 5.74) is 1.04. The zero-order valence-corrected chi connectivity index (χ0v) is 10.6. The number of aryl methyl sites for hydroxylation is 1. The normalized spacial score (nSPS) is 18.1. The fraction of sp³-hybridized carbons (Fsp3) is 0.636. The summed E-state index contributed by atoms with van der Waals surface area (Å²) in [4.78, 5) is 10.8. The van der Waals surface area contributed by atoms with Crippen LogP contribution >= 0.6 is 15.9 Å². The van der Waals surface area contributed by atoms with E-state index in [1.54, 1.807) is 6.33 Å². The summed E-state index contributed by atoms with van der Waals surface area (Å²) in [6, 6.07) is 2.06. The van der Waals surface area contributed by atoms with Gasteiger partial charge in [0.15, 0.2) is 0 Å². The van der Waals surface area contributed by atoms with Crippen LogP contribution in [0.3, 0.4) is 0 Å².